The fourth-order valence-electron chi connectivity index (χ4n) is 3.91. The van der Waals surface area contributed by atoms with Gasteiger partial charge >= 0.3 is 0 Å². The number of aromatic nitrogens is 2. The average molecular weight is 400 g/mol. The van der Waals surface area contributed by atoms with Gasteiger partial charge in [-0.15, -0.1) is 0 Å². The lowest BCUT2D eigenvalue weighted by molar-refractivity contribution is 0.334. The smallest absolute Gasteiger partial charge is 0.274 e. The van der Waals surface area contributed by atoms with Crippen LogP contribution in [0.2, 0.25) is 5.02 Å². The van der Waals surface area contributed by atoms with Gasteiger partial charge in [0.2, 0.25) is 0 Å². The number of benzene rings is 2. The minimum absolute atomic E-state index is 0. The third kappa shape index (κ3) is 4.27. The zero-order valence-corrected chi connectivity index (χ0v) is 16.8. The molecule has 2 N–H and O–H groups in total. The van der Waals surface area contributed by atoms with Crippen LogP contribution in [0, 0.1) is 0 Å². The molecule has 1 aliphatic heterocycles. The van der Waals surface area contributed by atoms with Crippen molar-refractivity contribution in [1.82, 2.24) is 14.7 Å². The van der Waals surface area contributed by atoms with Crippen molar-refractivity contribution in [3.8, 4) is 0 Å². The molecule has 148 valence electrons. The van der Waals surface area contributed by atoms with Crippen molar-refractivity contribution in [2.75, 3.05) is 20.1 Å². The number of halogens is 1. The van der Waals surface area contributed by atoms with E-state index in [1.54, 1.807) is 4.68 Å². The Balaban J connectivity index is 0.00000225. The first kappa shape index (κ1) is 20.5. The molecule has 5 nitrogen and oxygen atoms in total. The Morgan fingerprint density at radius 3 is 2.50 bits per heavy atom. The van der Waals surface area contributed by atoms with Crippen LogP contribution in [0.15, 0.2) is 53.3 Å². The number of hydrogen-bond acceptors (Lipinski definition) is 3. The molecular formula is C22H26ClN3O2. The number of fused-ring (bicyclic) bond motifs is 1. The van der Waals surface area contributed by atoms with E-state index in [2.05, 4.69) is 11.9 Å². The quantitative estimate of drug-likeness (QED) is 0.677. The van der Waals surface area contributed by atoms with E-state index in [1.807, 2.05) is 48.5 Å². The first-order valence-corrected chi connectivity index (χ1v) is 9.93. The summed E-state index contributed by atoms with van der Waals surface area (Å²) in [6, 6.07) is 15.8. The summed E-state index contributed by atoms with van der Waals surface area (Å²) in [5.41, 5.74) is 2.12. The van der Waals surface area contributed by atoms with Gasteiger partial charge in [0.05, 0.1) is 17.1 Å². The Hall–Kier alpha value is -2.21. The molecule has 0 amide bonds. The zero-order valence-electron chi connectivity index (χ0n) is 16.1. The summed E-state index contributed by atoms with van der Waals surface area (Å²) in [5, 5.41) is 7.29. The van der Waals surface area contributed by atoms with Gasteiger partial charge in [-0.2, -0.15) is 5.10 Å². The number of likely N-dealkylation sites (tertiary alicyclic amines) is 1. The lowest BCUT2D eigenvalue weighted by atomic mass is 10.0. The maximum absolute atomic E-state index is 13.1. The monoisotopic (exact) mass is 399 g/mol. The Morgan fingerprint density at radius 1 is 1.04 bits per heavy atom. The molecule has 6 heteroatoms. The van der Waals surface area contributed by atoms with Crippen molar-refractivity contribution in [2.45, 2.75) is 31.7 Å². The van der Waals surface area contributed by atoms with Gasteiger partial charge < -0.3 is 10.4 Å². The SMILES string of the molecule is CN1CCC[C@H](n2nc(Cc3ccc(Cl)cc3)c3ccccc3c2=O)CC1.O. The Morgan fingerprint density at radius 2 is 1.75 bits per heavy atom. The van der Waals surface area contributed by atoms with Gasteiger partial charge in [-0.25, -0.2) is 4.68 Å². The predicted octanol–water partition coefficient (Wildman–Crippen LogP) is 3.47. The van der Waals surface area contributed by atoms with Crippen molar-refractivity contribution in [2.24, 2.45) is 0 Å². The standard InChI is InChI=1S/C22H24ClN3O.H2O/c1-25-13-4-5-18(12-14-25)26-22(27)20-7-3-2-6-19(20)21(24-26)15-16-8-10-17(23)11-9-16;/h2-3,6-11,18H,4-5,12-15H2,1H3;1H2/t18-;/m0./s1. The Labute approximate surface area is 169 Å². The highest BCUT2D eigenvalue weighted by Gasteiger charge is 2.21. The van der Waals surface area contributed by atoms with Gasteiger partial charge in [0, 0.05) is 16.8 Å². The van der Waals surface area contributed by atoms with E-state index >= 15 is 0 Å². The molecule has 0 aliphatic carbocycles. The largest absolute Gasteiger partial charge is 0.412 e. The molecule has 0 spiro atoms. The van der Waals surface area contributed by atoms with Crippen molar-refractivity contribution in [1.29, 1.82) is 0 Å². The molecule has 0 unspecified atom stereocenters. The second-order valence-electron chi connectivity index (χ2n) is 7.43. The van der Waals surface area contributed by atoms with Crippen molar-refractivity contribution >= 4 is 22.4 Å². The second kappa shape index (κ2) is 8.86. The Kier molecular flexibility index (Phi) is 6.50. The van der Waals surface area contributed by atoms with Gasteiger partial charge in [0.1, 0.15) is 0 Å². The topological polar surface area (TPSA) is 69.6 Å². The molecule has 0 bridgehead atoms. The molecule has 1 aromatic heterocycles. The molecule has 2 aromatic carbocycles. The summed E-state index contributed by atoms with van der Waals surface area (Å²) in [5.74, 6) is 0. The highest BCUT2D eigenvalue weighted by molar-refractivity contribution is 6.30. The minimum atomic E-state index is 0. The normalized spacial score (nSPS) is 17.9. The zero-order chi connectivity index (χ0) is 18.8. The van der Waals surface area contributed by atoms with E-state index in [1.165, 1.54) is 0 Å². The number of nitrogens with zero attached hydrogens (tertiary/aromatic N) is 3. The van der Waals surface area contributed by atoms with Gasteiger partial charge in [-0.05, 0) is 63.2 Å². The first-order valence-electron chi connectivity index (χ1n) is 9.55. The van der Waals surface area contributed by atoms with Crippen molar-refractivity contribution in [3.05, 3.63) is 75.2 Å². The summed E-state index contributed by atoms with van der Waals surface area (Å²) in [7, 11) is 2.14. The van der Waals surface area contributed by atoms with Crippen molar-refractivity contribution < 1.29 is 5.48 Å². The summed E-state index contributed by atoms with van der Waals surface area (Å²) < 4.78 is 1.76. The van der Waals surface area contributed by atoms with E-state index in [4.69, 9.17) is 16.7 Å². The van der Waals surface area contributed by atoms with E-state index in [0.29, 0.717) is 6.42 Å². The van der Waals surface area contributed by atoms with E-state index in [0.717, 1.165) is 59.4 Å². The summed E-state index contributed by atoms with van der Waals surface area (Å²) >= 11 is 6.02. The molecular weight excluding hydrogens is 374 g/mol. The summed E-state index contributed by atoms with van der Waals surface area (Å²) in [4.78, 5) is 15.5. The van der Waals surface area contributed by atoms with Crippen LogP contribution >= 0.6 is 11.6 Å². The van der Waals surface area contributed by atoms with Crippen LogP contribution < -0.4 is 5.56 Å². The average Bonchev–Trinajstić information content (AvgIpc) is 2.90. The molecule has 0 saturated carbocycles. The van der Waals surface area contributed by atoms with Crippen LogP contribution in [0.3, 0.4) is 0 Å². The lowest BCUT2D eigenvalue weighted by Gasteiger charge is -2.19. The maximum atomic E-state index is 13.1. The molecule has 1 fully saturated rings. The number of rotatable bonds is 3. The molecule has 3 aromatic rings. The fraction of sp³-hybridized carbons (Fsp3) is 0.364. The van der Waals surface area contributed by atoms with Crippen LogP contribution in [0.5, 0.6) is 0 Å². The van der Waals surface area contributed by atoms with Crippen LogP contribution in [0.1, 0.15) is 36.6 Å². The maximum Gasteiger partial charge on any atom is 0.274 e. The summed E-state index contributed by atoms with van der Waals surface area (Å²) in [6.45, 7) is 2.08. The molecule has 1 atom stereocenters. The molecule has 4 rings (SSSR count). The molecule has 1 aliphatic rings. The van der Waals surface area contributed by atoms with Crippen LogP contribution in [0.25, 0.3) is 10.8 Å². The van der Waals surface area contributed by atoms with Gasteiger partial charge in [0.15, 0.2) is 0 Å². The highest BCUT2D eigenvalue weighted by Crippen LogP contribution is 2.23. The van der Waals surface area contributed by atoms with Gasteiger partial charge in [-0.3, -0.25) is 4.79 Å². The molecule has 1 saturated heterocycles. The fourth-order valence-corrected chi connectivity index (χ4v) is 4.04. The third-order valence-electron chi connectivity index (χ3n) is 5.46. The van der Waals surface area contributed by atoms with Crippen LogP contribution in [-0.2, 0) is 6.42 Å². The Bertz CT molecular complexity index is 1000. The van der Waals surface area contributed by atoms with Gasteiger partial charge in [0.25, 0.3) is 5.56 Å². The van der Waals surface area contributed by atoms with E-state index in [-0.39, 0.29) is 17.1 Å². The number of hydrogen-bond donors (Lipinski definition) is 0. The molecule has 2 heterocycles. The van der Waals surface area contributed by atoms with E-state index in [9.17, 15) is 4.79 Å². The lowest BCUT2D eigenvalue weighted by Crippen LogP contribution is -2.29. The second-order valence-corrected chi connectivity index (χ2v) is 7.87. The predicted molar refractivity (Wildman–Crippen MR) is 114 cm³/mol. The van der Waals surface area contributed by atoms with Crippen LogP contribution in [-0.4, -0.2) is 40.3 Å². The van der Waals surface area contributed by atoms with Crippen molar-refractivity contribution in [3.63, 3.8) is 0 Å². The first-order chi connectivity index (χ1) is 13.1. The molecule has 28 heavy (non-hydrogen) atoms. The van der Waals surface area contributed by atoms with E-state index < -0.39 is 0 Å². The highest BCUT2D eigenvalue weighted by atomic mass is 35.5. The third-order valence-corrected chi connectivity index (χ3v) is 5.71. The molecule has 0 radical (unpaired) electrons. The van der Waals surface area contributed by atoms with Crippen LogP contribution in [0.4, 0.5) is 0 Å². The van der Waals surface area contributed by atoms with Gasteiger partial charge in [-0.1, -0.05) is 41.9 Å². The minimum Gasteiger partial charge on any atom is -0.412 e. The summed E-state index contributed by atoms with van der Waals surface area (Å²) in [6.07, 6.45) is 3.73.